The van der Waals surface area contributed by atoms with Crippen LogP contribution in [0.15, 0.2) is 29.2 Å². The summed E-state index contributed by atoms with van der Waals surface area (Å²) in [6.07, 6.45) is 3.58. The van der Waals surface area contributed by atoms with Gasteiger partial charge < -0.3 is 11.1 Å². The highest BCUT2D eigenvalue weighted by molar-refractivity contribution is 7.89. The summed E-state index contributed by atoms with van der Waals surface area (Å²) in [5.41, 5.74) is 6.87. The molecule has 0 radical (unpaired) electrons. The number of rotatable bonds is 7. The van der Waals surface area contributed by atoms with Gasteiger partial charge >= 0.3 is 0 Å². The molecule has 0 bridgehead atoms. The summed E-state index contributed by atoms with van der Waals surface area (Å²) in [7, 11) is -1.90. The normalized spacial score (nSPS) is 20.2. The molecule has 0 unspecified atom stereocenters. The van der Waals surface area contributed by atoms with Crippen molar-refractivity contribution < 1.29 is 13.2 Å². The van der Waals surface area contributed by atoms with E-state index in [-0.39, 0.29) is 41.2 Å². The van der Waals surface area contributed by atoms with E-state index < -0.39 is 10.0 Å². The zero-order chi connectivity index (χ0) is 18.6. The Morgan fingerprint density at radius 3 is 2.38 bits per heavy atom. The maximum atomic E-state index is 12.4. The maximum absolute atomic E-state index is 12.4. The van der Waals surface area contributed by atoms with E-state index in [1.165, 1.54) is 4.31 Å². The summed E-state index contributed by atoms with van der Waals surface area (Å²) >= 11 is 0. The van der Waals surface area contributed by atoms with Gasteiger partial charge in [-0.3, -0.25) is 4.79 Å². The zero-order valence-electron chi connectivity index (χ0n) is 15.6. The fourth-order valence-corrected chi connectivity index (χ4v) is 4.42. The Hall–Kier alpha value is -1.15. The van der Waals surface area contributed by atoms with Crippen molar-refractivity contribution in [3.8, 4) is 0 Å². The van der Waals surface area contributed by atoms with Gasteiger partial charge in [-0.15, -0.1) is 12.4 Å². The van der Waals surface area contributed by atoms with E-state index in [1.54, 1.807) is 31.3 Å². The molecule has 148 valence electrons. The van der Waals surface area contributed by atoms with Gasteiger partial charge in [0.15, 0.2) is 0 Å². The molecular weight excluding hydrogens is 374 g/mol. The number of hydrogen-bond acceptors (Lipinski definition) is 4. The van der Waals surface area contributed by atoms with E-state index in [2.05, 4.69) is 5.32 Å². The van der Waals surface area contributed by atoms with E-state index in [0.29, 0.717) is 13.0 Å². The first kappa shape index (κ1) is 22.9. The molecule has 1 aliphatic carbocycles. The van der Waals surface area contributed by atoms with E-state index >= 15 is 0 Å². The minimum atomic E-state index is -3.48. The van der Waals surface area contributed by atoms with Crippen LogP contribution in [0.1, 0.15) is 45.1 Å². The van der Waals surface area contributed by atoms with Crippen molar-refractivity contribution in [3.63, 3.8) is 0 Å². The van der Waals surface area contributed by atoms with Crippen LogP contribution >= 0.6 is 12.4 Å². The maximum Gasteiger partial charge on any atom is 0.243 e. The lowest BCUT2D eigenvalue weighted by Crippen LogP contribution is -2.33. The monoisotopic (exact) mass is 403 g/mol. The SMILES string of the molecule is CC(C)N(C)S(=O)(=O)c1ccc(CNC(=O)C[C@@H]2CCC[C@H]2N)cc1.Cl. The van der Waals surface area contributed by atoms with Crippen LogP contribution in [0.3, 0.4) is 0 Å². The van der Waals surface area contributed by atoms with Crippen LogP contribution in [0.4, 0.5) is 0 Å². The minimum absolute atomic E-state index is 0. The largest absolute Gasteiger partial charge is 0.352 e. The van der Waals surface area contributed by atoms with E-state index in [1.807, 2.05) is 13.8 Å². The highest BCUT2D eigenvalue weighted by Crippen LogP contribution is 2.26. The number of carbonyl (C=O) groups is 1. The van der Waals surface area contributed by atoms with Crippen LogP contribution in [0.25, 0.3) is 0 Å². The predicted octanol–water partition coefficient (Wildman–Crippen LogP) is 2.27. The van der Waals surface area contributed by atoms with Crippen LogP contribution in [-0.4, -0.2) is 37.8 Å². The molecule has 0 aliphatic heterocycles. The number of benzene rings is 1. The summed E-state index contributed by atoms with van der Waals surface area (Å²) in [5, 5.41) is 2.89. The lowest BCUT2D eigenvalue weighted by molar-refractivity contribution is -0.122. The van der Waals surface area contributed by atoms with Gasteiger partial charge in [0.05, 0.1) is 4.90 Å². The van der Waals surface area contributed by atoms with E-state index in [4.69, 9.17) is 5.73 Å². The number of halogens is 1. The summed E-state index contributed by atoms with van der Waals surface area (Å²) in [6.45, 7) is 4.05. The van der Waals surface area contributed by atoms with Crippen molar-refractivity contribution in [2.75, 3.05) is 7.05 Å². The van der Waals surface area contributed by atoms with Gasteiger partial charge in [-0.1, -0.05) is 18.6 Å². The zero-order valence-corrected chi connectivity index (χ0v) is 17.3. The third-order valence-corrected chi connectivity index (χ3v) is 7.03. The average Bonchev–Trinajstić information content (AvgIpc) is 2.97. The van der Waals surface area contributed by atoms with Crippen molar-refractivity contribution in [1.29, 1.82) is 0 Å². The lowest BCUT2D eigenvalue weighted by Gasteiger charge is -2.21. The first-order chi connectivity index (χ1) is 11.7. The number of nitrogens with two attached hydrogens (primary N) is 1. The second-order valence-electron chi connectivity index (χ2n) is 7.09. The Bertz CT molecular complexity index is 692. The van der Waals surface area contributed by atoms with Gasteiger partial charge in [0.2, 0.25) is 15.9 Å². The topological polar surface area (TPSA) is 92.5 Å². The predicted molar refractivity (Wildman–Crippen MR) is 106 cm³/mol. The Labute approximate surface area is 163 Å². The molecule has 0 spiro atoms. The van der Waals surface area contributed by atoms with E-state index in [9.17, 15) is 13.2 Å². The third-order valence-electron chi connectivity index (χ3n) is 4.98. The highest BCUT2D eigenvalue weighted by atomic mass is 35.5. The number of amides is 1. The summed E-state index contributed by atoms with van der Waals surface area (Å²) in [6, 6.07) is 6.68. The molecular formula is C18H30ClN3O3S. The Balaban J connectivity index is 0.00000338. The Kier molecular flexibility index (Phi) is 8.53. The number of nitrogens with one attached hydrogen (secondary N) is 1. The molecule has 1 aliphatic rings. The lowest BCUT2D eigenvalue weighted by atomic mass is 10.00. The van der Waals surface area contributed by atoms with Gasteiger partial charge in [-0.2, -0.15) is 4.31 Å². The van der Waals surface area contributed by atoms with Crippen molar-refractivity contribution >= 4 is 28.3 Å². The number of sulfonamides is 1. The van der Waals surface area contributed by atoms with Gasteiger partial charge in [-0.05, 0) is 50.3 Å². The molecule has 2 atom stereocenters. The number of nitrogens with zero attached hydrogens (tertiary/aromatic N) is 1. The molecule has 2 rings (SSSR count). The molecule has 1 fully saturated rings. The second kappa shape index (κ2) is 9.69. The van der Waals surface area contributed by atoms with Crippen LogP contribution in [0.5, 0.6) is 0 Å². The van der Waals surface area contributed by atoms with Gasteiger partial charge in [0.1, 0.15) is 0 Å². The molecule has 1 amide bonds. The molecule has 1 saturated carbocycles. The van der Waals surface area contributed by atoms with Crippen LogP contribution in [0.2, 0.25) is 0 Å². The molecule has 3 N–H and O–H groups in total. The number of hydrogen-bond donors (Lipinski definition) is 2. The molecule has 6 nitrogen and oxygen atoms in total. The summed E-state index contributed by atoms with van der Waals surface area (Å²) < 4.78 is 26.2. The Morgan fingerprint density at radius 1 is 1.27 bits per heavy atom. The Morgan fingerprint density at radius 2 is 1.88 bits per heavy atom. The standard InChI is InChI=1S/C18H29N3O3S.ClH/c1-13(2)21(3)25(23,24)16-9-7-14(8-10-16)12-20-18(22)11-15-5-4-6-17(15)19;/h7-10,13,15,17H,4-6,11-12,19H2,1-3H3,(H,20,22);1H/t15-,17+;/m0./s1. The quantitative estimate of drug-likeness (QED) is 0.730. The first-order valence-electron chi connectivity index (χ1n) is 8.81. The fourth-order valence-electron chi connectivity index (χ4n) is 3.05. The second-order valence-corrected chi connectivity index (χ2v) is 9.09. The molecule has 8 heteroatoms. The molecule has 0 heterocycles. The van der Waals surface area contributed by atoms with Crippen LogP contribution in [-0.2, 0) is 21.4 Å². The smallest absolute Gasteiger partial charge is 0.243 e. The van der Waals surface area contributed by atoms with Crippen molar-refractivity contribution in [2.24, 2.45) is 11.7 Å². The number of carbonyl (C=O) groups excluding carboxylic acids is 1. The minimum Gasteiger partial charge on any atom is -0.352 e. The van der Waals surface area contributed by atoms with Crippen molar-refractivity contribution in [2.45, 2.75) is 63.1 Å². The van der Waals surface area contributed by atoms with Gasteiger partial charge in [0.25, 0.3) is 0 Å². The molecule has 0 aromatic heterocycles. The highest BCUT2D eigenvalue weighted by Gasteiger charge is 2.26. The van der Waals surface area contributed by atoms with E-state index in [0.717, 1.165) is 24.8 Å². The molecule has 0 saturated heterocycles. The average molecular weight is 404 g/mol. The van der Waals surface area contributed by atoms with Crippen molar-refractivity contribution in [3.05, 3.63) is 29.8 Å². The molecule has 26 heavy (non-hydrogen) atoms. The van der Waals surface area contributed by atoms with Crippen LogP contribution in [0, 0.1) is 5.92 Å². The third kappa shape index (κ3) is 5.67. The fraction of sp³-hybridized carbons (Fsp3) is 0.611. The van der Waals surface area contributed by atoms with Gasteiger partial charge in [-0.25, -0.2) is 8.42 Å². The summed E-state index contributed by atoms with van der Waals surface area (Å²) in [5.74, 6) is 0.276. The van der Waals surface area contributed by atoms with Gasteiger partial charge in [0, 0.05) is 32.1 Å². The van der Waals surface area contributed by atoms with Crippen LogP contribution < -0.4 is 11.1 Å². The first-order valence-corrected chi connectivity index (χ1v) is 10.2. The van der Waals surface area contributed by atoms with Crippen molar-refractivity contribution in [1.82, 2.24) is 9.62 Å². The summed E-state index contributed by atoms with van der Waals surface area (Å²) in [4.78, 5) is 12.3. The molecule has 1 aromatic carbocycles. The molecule has 1 aromatic rings.